The van der Waals surface area contributed by atoms with E-state index in [0.717, 1.165) is 0 Å². The van der Waals surface area contributed by atoms with Crippen LogP contribution in [0.3, 0.4) is 0 Å². The van der Waals surface area contributed by atoms with Crippen molar-refractivity contribution < 1.29 is 23.1 Å². The number of aromatic nitrogens is 2. The fourth-order valence-electron chi connectivity index (χ4n) is 2.47. The lowest BCUT2D eigenvalue weighted by Crippen LogP contribution is -2.46. The van der Waals surface area contributed by atoms with Crippen LogP contribution in [0.1, 0.15) is 24.2 Å². The van der Waals surface area contributed by atoms with Crippen molar-refractivity contribution in [2.24, 2.45) is 5.41 Å². The SMILES string of the molecule is Cc1n[nH]c(C)c1S(=O)(=O)NCC1(C(=O)O)CCOCC1. The molecule has 1 saturated heterocycles. The molecule has 1 aromatic heterocycles. The molecule has 1 aliphatic heterocycles. The summed E-state index contributed by atoms with van der Waals surface area (Å²) in [7, 11) is -3.80. The molecule has 0 spiro atoms. The third kappa shape index (κ3) is 3.09. The van der Waals surface area contributed by atoms with Gasteiger partial charge < -0.3 is 9.84 Å². The molecule has 0 bridgehead atoms. The Labute approximate surface area is 122 Å². The van der Waals surface area contributed by atoms with Crippen LogP contribution in [-0.4, -0.2) is 49.4 Å². The quantitative estimate of drug-likeness (QED) is 0.712. The smallest absolute Gasteiger partial charge is 0.311 e. The van der Waals surface area contributed by atoms with E-state index in [2.05, 4.69) is 14.9 Å². The van der Waals surface area contributed by atoms with Gasteiger partial charge in [0.15, 0.2) is 0 Å². The number of aliphatic carboxylic acids is 1. The molecule has 0 atom stereocenters. The normalized spacial score (nSPS) is 18.6. The molecule has 0 unspecified atom stereocenters. The maximum atomic E-state index is 12.3. The van der Waals surface area contributed by atoms with Crippen LogP contribution in [0.4, 0.5) is 0 Å². The summed E-state index contributed by atoms with van der Waals surface area (Å²) < 4.78 is 32.3. The molecule has 2 rings (SSSR count). The molecule has 0 radical (unpaired) electrons. The number of nitrogens with one attached hydrogen (secondary N) is 2. The first-order chi connectivity index (χ1) is 9.78. The van der Waals surface area contributed by atoms with E-state index >= 15 is 0 Å². The fraction of sp³-hybridized carbons (Fsp3) is 0.667. The monoisotopic (exact) mass is 317 g/mol. The second-order valence-electron chi connectivity index (χ2n) is 5.29. The molecule has 0 amide bonds. The molecule has 2 heterocycles. The highest BCUT2D eigenvalue weighted by Crippen LogP contribution is 2.31. The molecular weight excluding hydrogens is 298 g/mol. The van der Waals surface area contributed by atoms with Crippen molar-refractivity contribution >= 4 is 16.0 Å². The number of hydrogen-bond acceptors (Lipinski definition) is 5. The van der Waals surface area contributed by atoms with Crippen LogP contribution >= 0.6 is 0 Å². The van der Waals surface area contributed by atoms with Gasteiger partial charge in [0.1, 0.15) is 4.90 Å². The Bertz CT molecular complexity index is 612. The van der Waals surface area contributed by atoms with Crippen molar-refractivity contribution in [1.29, 1.82) is 0 Å². The van der Waals surface area contributed by atoms with Gasteiger partial charge in [0.2, 0.25) is 10.0 Å². The number of H-pyrrole nitrogens is 1. The zero-order valence-electron chi connectivity index (χ0n) is 12.0. The van der Waals surface area contributed by atoms with Crippen LogP contribution in [0.5, 0.6) is 0 Å². The molecule has 8 nitrogen and oxygen atoms in total. The van der Waals surface area contributed by atoms with E-state index in [9.17, 15) is 18.3 Å². The highest BCUT2D eigenvalue weighted by molar-refractivity contribution is 7.89. The molecular formula is C12H19N3O5S. The van der Waals surface area contributed by atoms with E-state index in [0.29, 0.717) is 24.6 Å². The van der Waals surface area contributed by atoms with Gasteiger partial charge in [-0.2, -0.15) is 5.10 Å². The summed E-state index contributed by atoms with van der Waals surface area (Å²) in [6.07, 6.45) is 0.572. The fourth-order valence-corrected chi connectivity index (χ4v) is 3.96. The minimum atomic E-state index is -3.80. The van der Waals surface area contributed by atoms with Crippen LogP contribution in [0.15, 0.2) is 4.90 Å². The van der Waals surface area contributed by atoms with Crippen LogP contribution < -0.4 is 4.72 Å². The molecule has 1 fully saturated rings. The number of sulfonamides is 1. The predicted molar refractivity (Wildman–Crippen MR) is 73.4 cm³/mol. The highest BCUT2D eigenvalue weighted by Gasteiger charge is 2.41. The third-order valence-corrected chi connectivity index (χ3v) is 5.50. The van der Waals surface area contributed by atoms with Crippen LogP contribution in [0.2, 0.25) is 0 Å². The number of nitrogens with zero attached hydrogens (tertiary/aromatic N) is 1. The standard InChI is InChI=1S/C12H19N3O5S/c1-8-10(9(2)15-14-8)21(18,19)13-7-12(11(16)17)3-5-20-6-4-12/h13H,3-7H2,1-2H3,(H,14,15)(H,16,17). The second kappa shape index (κ2) is 5.74. The molecule has 9 heteroatoms. The number of carbonyl (C=O) groups is 1. The molecule has 3 N–H and O–H groups in total. The topological polar surface area (TPSA) is 121 Å². The van der Waals surface area contributed by atoms with Crippen molar-refractivity contribution in [3.8, 4) is 0 Å². The Balaban J connectivity index is 2.19. The Hall–Kier alpha value is -1.45. The first kappa shape index (κ1) is 15.9. The van der Waals surface area contributed by atoms with Crippen molar-refractivity contribution in [1.82, 2.24) is 14.9 Å². The van der Waals surface area contributed by atoms with Crippen molar-refractivity contribution in [3.63, 3.8) is 0 Å². The number of ether oxygens (including phenoxy) is 1. The average molecular weight is 317 g/mol. The summed E-state index contributed by atoms with van der Waals surface area (Å²) in [5.74, 6) is -1.01. The van der Waals surface area contributed by atoms with Crippen LogP contribution in [0.25, 0.3) is 0 Å². The van der Waals surface area contributed by atoms with Gasteiger partial charge in [-0.15, -0.1) is 0 Å². The zero-order chi connectivity index (χ0) is 15.7. The molecule has 0 aliphatic carbocycles. The third-order valence-electron chi connectivity index (χ3n) is 3.83. The first-order valence-corrected chi connectivity index (χ1v) is 8.09. The van der Waals surface area contributed by atoms with Crippen molar-refractivity contribution in [3.05, 3.63) is 11.4 Å². The highest BCUT2D eigenvalue weighted by atomic mass is 32.2. The summed E-state index contributed by atoms with van der Waals surface area (Å²) in [6, 6.07) is 0. The Morgan fingerprint density at radius 1 is 1.43 bits per heavy atom. The van der Waals surface area contributed by atoms with Gasteiger partial charge in [0.25, 0.3) is 0 Å². The minimum absolute atomic E-state index is 0.0788. The maximum Gasteiger partial charge on any atom is 0.311 e. The molecule has 0 saturated carbocycles. The van der Waals surface area contributed by atoms with Gasteiger partial charge in [0, 0.05) is 19.8 Å². The largest absolute Gasteiger partial charge is 0.481 e. The minimum Gasteiger partial charge on any atom is -0.481 e. The zero-order valence-corrected chi connectivity index (χ0v) is 12.8. The van der Waals surface area contributed by atoms with E-state index in [1.54, 1.807) is 13.8 Å². The van der Waals surface area contributed by atoms with Gasteiger partial charge in [-0.05, 0) is 26.7 Å². The molecule has 0 aromatic carbocycles. The van der Waals surface area contributed by atoms with Gasteiger partial charge >= 0.3 is 5.97 Å². The maximum absolute atomic E-state index is 12.3. The first-order valence-electron chi connectivity index (χ1n) is 6.61. The molecule has 1 aliphatic rings. The van der Waals surface area contributed by atoms with Crippen LogP contribution in [-0.2, 0) is 19.6 Å². The number of aromatic amines is 1. The summed E-state index contributed by atoms with van der Waals surface area (Å²) in [4.78, 5) is 11.6. The Morgan fingerprint density at radius 3 is 2.52 bits per heavy atom. The number of carboxylic acid groups (broad SMARTS) is 1. The number of rotatable bonds is 5. The van der Waals surface area contributed by atoms with E-state index in [-0.39, 0.29) is 24.3 Å². The van der Waals surface area contributed by atoms with Gasteiger partial charge in [0.05, 0.1) is 16.8 Å². The number of hydrogen-bond donors (Lipinski definition) is 3. The number of aryl methyl sites for hydroxylation is 2. The molecule has 1 aromatic rings. The molecule has 21 heavy (non-hydrogen) atoms. The van der Waals surface area contributed by atoms with E-state index < -0.39 is 21.4 Å². The van der Waals surface area contributed by atoms with Crippen molar-refractivity contribution in [2.75, 3.05) is 19.8 Å². The lowest BCUT2D eigenvalue weighted by Gasteiger charge is -2.33. The number of carboxylic acids is 1. The Kier molecular flexibility index (Phi) is 4.35. The lowest BCUT2D eigenvalue weighted by molar-refractivity contribution is -0.154. The van der Waals surface area contributed by atoms with Crippen molar-refractivity contribution in [2.45, 2.75) is 31.6 Å². The summed E-state index contributed by atoms with van der Waals surface area (Å²) >= 11 is 0. The molecule has 118 valence electrons. The lowest BCUT2D eigenvalue weighted by atomic mass is 9.80. The predicted octanol–water partition coefficient (Wildman–Crippen LogP) is 0.186. The van der Waals surface area contributed by atoms with Gasteiger partial charge in [-0.1, -0.05) is 0 Å². The average Bonchev–Trinajstić information content (AvgIpc) is 2.77. The van der Waals surface area contributed by atoms with E-state index in [4.69, 9.17) is 4.74 Å². The van der Waals surface area contributed by atoms with E-state index in [1.165, 1.54) is 0 Å². The van der Waals surface area contributed by atoms with E-state index in [1.807, 2.05) is 0 Å². The van der Waals surface area contributed by atoms with Gasteiger partial charge in [-0.3, -0.25) is 9.89 Å². The summed E-state index contributed by atoms with van der Waals surface area (Å²) in [6.45, 7) is 3.67. The second-order valence-corrected chi connectivity index (χ2v) is 6.99. The van der Waals surface area contributed by atoms with Gasteiger partial charge in [-0.25, -0.2) is 13.1 Å². The summed E-state index contributed by atoms with van der Waals surface area (Å²) in [5.41, 5.74) is -0.329. The van der Waals surface area contributed by atoms with Crippen LogP contribution in [0, 0.1) is 19.3 Å². The Morgan fingerprint density at radius 2 is 2.05 bits per heavy atom. The summed E-state index contributed by atoms with van der Waals surface area (Å²) in [5, 5.41) is 15.9.